The van der Waals surface area contributed by atoms with Gasteiger partial charge in [-0.3, -0.25) is 4.90 Å². The highest BCUT2D eigenvalue weighted by molar-refractivity contribution is 5.31. The molecule has 0 bridgehead atoms. The van der Waals surface area contributed by atoms with Gasteiger partial charge in [-0.1, -0.05) is 60.7 Å². The molecule has 2 aliphatic rings. The Bertz CT molecular complexity index is 626. The van der Waals surface area contributed by atoms with Crippen LogP contribution in [0.15, 0.2) is 60.7 Å². The van der Waals surface area contributed by atoms with E-state index in [4.69, 9.17) is 9.47 Å². The van der Waals surface area contributed by atoms with E-state index in [9.17, 15) is 0 Å². The maximum Gasteiger partial charge on any atom is 0.158 e. The van der Waals surface area contributed by atoms with Gasteiger partial charge in [0.1, 0.15) is 0 Å². The molecule has 144 valence electrons. The molecule has 27 heavy (non-hydrogen) atoms. The predicted octanol–water partition coefficient (Wildman–Crippen LogP) is 3.55. The molecule has 2 aliphatic heterocycles. The van der Waals surface area contributed by atoms with Gasteiger partial charge in [-0.25, -0.2) is 0 Å². The fourth-order valence-electron chi connectivity index (χ4n) is 4.12. The van der Waals surface area contributed by atoms with E-state index in [0.29, 0.717) is 6.04 Å². The second-order valence-electron chi connectivity index (χ2n) is 7.41. The lowest BCUT2D eigenvalue weighted by Crippen LogP contribution is -2.48. The van der Waals surface area contributed by atoms with E-state index in [2.05, 4.69) is 70.5 Å². The van der Waals surface area contributed by atoms with Crippen LogP contribution in [0.1, 0.15) is 30.0 Å². The van der Waals surface area contributed by atoms with Gasteiger partial charge in [0.25, 0.3) is 0 Å². The summed E-state index contributed by atoms with van der Waals surface area (Å²) in [6.07, 6.45) is 1.99. The SMILES string of the molecule is c1ccc(C(c2ccccc2)N2CCN(CCC3OCCCO3)CC2)cc1. The summed E-state index contributed by atoms with van der Waals surface area (Å²) in [4.78, 5) is 5.17. The lowest BCUT2D eigenvalue weighted by molar-refractivity contribution is -0.183. The lowest BCUT2D eigenvalue weighted by atomic mass is 9.96. The van der Waals surface area contributed by atoms with Crippen molar-refractivity contribution in [3.8, 4) is 0 Å². The summed E-state index contributed by atoms with van der Waals surface area (Å²) >= 11 is 0. The van der Waals surface area contributed by atoms with E-state index in [0.717, 1.165) is 58.8 Å². The molecule has 0 saturated carbocycles. The largest absolute Gasteiger partial charge is 0.353 e. The molecule has 0 unspecified atom stereocenters. The zero-order chi connectivity index (χ0) is 18.3. The number of rotatable bonds is 6. The van der Waals surface area contributed by atoms with Gasteiger partial charge in [0, 0.05) is 39.1 Å². The van der Waals surface area contributed by atoms with Crippen LogP contribution in [-0.4, -0.2) is 62.0 Å². The van der Waals surface area contributed by atoms with Crippen LogP contribution in [0, 0.1) is 0 Å². The van der Waals surface area contributed by atoms with Crippen LogP contribution in [0.5, 0.6) is 0 Å². The molecule has 0 N–H and O–H groups in total. The molecule has 0 aromatic heterocycles. The number of nitrogens with zero attached hydrogens (tertiary/aromatic N) is 2. The maximum atomic E-state index is 5.68. The molecule has 4 heteroatoms. The normalized spacial score (nSPS) is 20.2. The average molecular weight is 367 g/mol. The molecular weight excluding hydrogens is 336 g/mol. The molecule has 2 fully saturated rings. The molecule has 4 rings (SSSR count). The molecule has 0 atom stereocenters. The minimum Gasteiger partial charge on any atom is -0.353 e. The third-order valence-corrected chi connectivity index (χ3v) is 5.58. The smallest absolute Gasteiger partial charge is 0.158 e. The third-order valence-electron chi connectivity index (χ3n) is 5.58. The van der Waals surface area contributed by atoms with Gasteiger partial charge < -0.3 is 14.4 Å². The molecule has 2 saturated heterocycles. The van der Waals surface area contributed by atoms with Crippen molar-refractivity contribution in [1.82, 2.24) is 9.80 Å². The number of benzene rings is 2. The Balaban J connectivity index is 1.37. The minimum absolute atomic E-state index is 0.00170. The van der Waals surface area contributed by atoms with Gasteiger partial charge in [0.15, 0.2) is 6.29 Å². The Morgan fingerprint density at radius 2 is 1.33 bits per heavy atom. The van der Waals surface area contributed by atoms with Crippen molar-refractivity contribution in [2.75, 3.05) is 45.9 Å². The number of ether oxygens (including phenoxy) is 2. The van der Waals surface area contributed by atoms with Crippen LogP contribution >= 0.6 is 0 Å². The van der Waals surface area contributed by atoms with Crippen molar-refractivity contribution in [3.63, 3.8) is 0 Å². The van der Waals surface area contributed by atoms with E-state index in [1.54, 1.807) is 0 Å². The average Bonchev–Trinajstić information content (AvgIpc) is 2.76. The molecular formula is C23H30N2O2. The molecule has 0 radical (unpaired) electrons. The Morgan fingerprint density at radius 3 is 1.89 bits per heavy atom. The van der Waals surface area contributed by atoms with Gasteiger partial charge in [-0.15, -0.1) is 0 Å². The molecule has 0 aliphatic carbocycles. The fraction of sp³-hybridized carbons (Fsp3) is 0.478. The van der Waals surface area contributed by atoms with Crippen LogP contribution in [0.4, 0.5) is 0 Å². The van der Waals surface area contributed by atoms with Gasteiger partial charge in [0.2, 0.25) is 0 Å². The van der Waals surface area contributed by atoms with E-state index in [1.807, 2.05) is 0 Å². The molecule has 0 spiro atoms. The standard InChI is InChI=1S/C23H30N2O2/c1-3-8-20(9-4-1)23(21-10-5-2-6-11-21)25-16-14-24(15-17-25)13-12-22-26-18-7-19-27-22/h1-6,8-11,22-23H,7,12-19H2. The van der Waals surface area contributed by atoms with E-state index in [-0.39, 0.29) is 6.29 Å². The highest BCUT2D eigenvalue weighted by Crippen LogP contribution is 2.29. The Morgan fingerprint density at radius 1 is 0.778 bits per heavy atom. The van der Waals surface area contributed by atoms with Crippen LogP contribution < -0.4 is 0 Å². The third kappa shape index (κ3) is 4.96. The first-order valence-electron chi connectivity index (χ1n) is 10.2. The summed E-state index contributed by atoms with van der Waals surface area (Å²) in [6.45, 7) is 7.11. The Labute approximate surface area is 162 Å². The first-order chi connectivity index (χ1) is 13.4. The van der Waals surface area contributed by atoms with E-state index >= 15 is 0 Å². The van der Waals surface area contributed by atoms with Crippen molar-refractivity contribution < 1.29 is 9.47 Å². The Kier molecular flexibility index (Phi) is 6.53. The first kappa shape index (κ1) is 18.6. The summed E-state index contributed by atoms with van der Waals surface area (Å²) in [5.41, 5.74) is 2.75. The van der Waals surface area contributed by atoms with Crippen LogP contribution in [0.2, 0.25) is 0 Å². The molecule has 2 heterocycles. The van der Waals surface area contributed by atoms with Crippen molar-refractivity contribution in [1.29, 1.82) is 0 Å². The first-order valence-corrected chi connectivity index (χ1v) is 10.2. The number of piperazine rings is 1. The Hall–Kier alpha value is -1.72. The zero-order valence-electron chi connectivity index (χ0n) is 16.0. The summed E-state index contributed by atoms with van der Waals surface area (Å²) in [5.74, 6) is 0. The monoisotopic (exact) mass is 366 g/mol. The highest BCUT2D eigenvalue weighted by atomic mass is 16.7. The van der Waals surface area contributed by atoms with Gasteiger partial charge in [-0.05, 0) is 17.5 Å². The quantitative estimate of drug-likeness (QED) is 0.781. The molecule has 4 nitrogen and oxygen atoms in total. The van der Waals surface area contributed by atoms with Crippen molar-refractivity contribution in [2.24, 2.45) is 0 Å². The van der Waals surface area contributed by atoms with Crippen LogP contribution in [-0.2, 0) is 9.47 Å². The summed E-state index contributed by atoms with van der Waals surface area (Å²) < 4.78 is 11.4. The van der Waals surface area contributed by atoms with E-state index < -0.39 is 0 Å². The minimum atomic E-state index is -0.00170. The topological polar surface area (TPSA) is 24.9 Å². The summed E-state index contributed by atoms with van der Waals surface area (Å²) in [7, 11) is 0. The second-order valence-corrected chi connectivity index (χ2v) is 7.41. The highest BCUT2D eigenvalue weighted by Gasteiger charge is 2.26. The number of hydrogen-bond donors (Lipinski definition) is 0. The second kappa shape index (κ2) is 9.47. The molecule has 0 amide bonds. The summed E-state index contributed by atoms with van der Waals surface area (Å²) in [6, 6.07) is 22.1. The van der Waals surface area contributed by atoms with Crippen LogP contribution in [0.25, 0.3) is 0 Å². The fourth-order valence-corrected chi connectivity index (χ4v) is 4.12. The van der Waals surface area contributed by atoms with Crippen molar-refractivity contribution >= 4 is 0 Å². The maximum absolute atomic E-state index is 5.68. The van der Waals surface area contributed by atoms with E-state index in [1.165, 1.54) is 11.1 Å². The summed E-state index contributed by atoms with van der Waals surface area (Å²) in [5, 5.41) is 0. The molecule has 2 aromatic rings. The zero-order valence-corrected chi connectivity index (χ0v) is 16.0. The lowest BCUT2D eigenvalue weighted by Gasteiger charge is -2.40. The molecule has 2 aromatic carbocycles. The van der Waals surface area contributed by atoms with Gasteiger partial charge in [0.05, 0.1) is 19.3 Å². The van der Waals surface area contributed by atoms with Gasteiger partial charge >= 0.3 is 0 Å². The van der Waals surface area contributed by atoms with Crippen molar-refractivity contribution in [3.05, 3.63) is 71.8 Å². The number of hydrogen-bond acceptors (Lipinski definition) is 4. The van der Waals surface area contributed by atoms with Gasteiger partial charge in [-0.2, -0.15) is 0 Å². The van der Waals surface area contributed by atoms with Crippen LogP contribution in [0.3, 0.4) is 0 Å². The predicted molar refractivity (Wildman–Crippen MR) is 108 cm³/mol. The van der Waals surface area contributed by atoms with Crippen molar-refractivity contribution in [2.45, 2.75) is 25.2 Å².